The van der Waals surface area contributed by atoms with Gasteiger partial charge in [-0.05, 0) is 80.3 Å². The minimum absolute atomic E-state index is 0.0133. The predicted molar refractivity (Wildman–Crippen MR) is 162 cm³/mol. The quantitative estimate of drug-likeness (QED) is 0.131. The molecule has 0 spiro atoms. The number of nitrogens with zero attached hydrogens (tertiary/aromatic N) is 2. The van der Waals surface area contributed by atoms with E-state index in [1.165, 1.54) is 4.90 Å². The Balaban J connectivity index is 1.33. The fourth-order valence-electron chi connectivity index (χ4n) is 6.98. The summed E-state index contributed by atoms with van der Waals surface area (Å²) in [6.07, 6.45) is 0. The zero-order chi connectivity index (χ0) is 27.4. The lowest BCUT2D eigenvalue weighted by Crippen LogP contribution is -2.40. The van der Waals surface area contributed by atoms with Crippen molar-refractivity contribution in [1.29, 1.82) is 0 Å². The Morgan fingerprint density at radius 2 is 0.878 bits per heavy atom. The van der Waals surface area contributed by atoms with E-state index in [1.807, 2.05) is 89.8 Å². The molecule has 0 aliphatic carbocycles. The molecule has 0 saturated carbocycles. The van der Waals surface area contributed by atoms with Gasteiger partial charge in [0.2, 0.25) is 0 Å². The Labute approximate surface area is 234 Å². The number of hydrogen-bond acceptors (Lipinski definition) is 3. The molecule has 0 aromatic heterocycles. The summed E-state index contributed by atoms with van der Waals surface area (Å²) in [7, 11) is 0. The molecule has 5 nitrogen and oxygen atoms in total. The normalized spacial score (nSPS) is 14.8. The fraction of sp³-hybridized carbons (Fsp3) is 0.0278. The summed E-state index contributed by atoms with van der Waals surface area (Å²) in [6, 6.07) is 34.7. The van der Waals surface area contributed by atoms with Gasteiger partial charge in [-0.1, -0.05) is 66.7 Å². The van der Waals surface area contributed by atoms with E-state index < -0.39 is 0 Å². The van der Waals surface area contributed by atoms with Gasteiger partial charge in [0, 0.05) is 33.2 Å². The molecule has 41 heavy (non-hydrogen) atoms. The monoisotopic (exact) mass is 528 g/mol. The van der Waals surface area contributed by atoms with Crippen molar-refractivity contribution in [2.75, 3.05) is 9.80 Å². The number of carbonyl (C=O) groups is 3. The van der Waals surface area contributed by atoms with Gasteiger partial charge in [0.15, 0.2) is 0 Å². The number of para-hydroxylation sites is 2. The molecule has 0 unspecified atom stereocenters. The van der Waals surface area contributed by atoms with Crippen LogP contribution in [0, 0.1) is 0 Å². The molecule has 0 radical (unpaired) electrons. The highest BCUT2D eigenvalue weighted by Crippen LogP contribution is 2.46. The maximum absolute atomic E-state index is 13.8. The molecule has 0 atom stereocenters. The highest BCUT2D eigenvalue weighted by molar-refractivity contribution is 6.43. The molecule has 2 heterocycles. The third-order valence-electron chi connectivity index (χ3n) is 8.74. The van der Waals surface area contributed by atoms with Gasteiger partial charge < -0.3 is 4.90 Å². The highest BCUT2D eigenvalue weighted by Gasteiger charge is 2.36. The first-order chi connectivity index (χ1) is 20.1. The van der Waals surface area contributed by atoms with Crippen molar-refractivity contribution < 1.29 is 14.4 Å². The van der Waals surface area contributed by atoms with Crippen molar-refractivity contribution in [2.24, 2.45) is 0 Å². The van der Waals surface area contributed by atoms with E-state index in [1.54, 1.807) is 12.1 Å². The zero-order valence-electron chi connectivity index (χ0n) is 21.7. The van der Waals surface area contributed by atoms with Crippen LogP contribution < -0.4 is 9.80 Å². The summed E-state index contributed by atoms with van der Waals surface area (Å²) in [5.41, 5.74) is 4.26. The number of amides is 3. The van der Waals surface area contributed by atoms with E-state index in [-0.39, 0.29) is 17.7 Å². The second-order valence-corrected chi connectivity index (χ2v) is 10.8. The van der Waals surface area contributed by atoms with Gasteiger partial charge in [-0.25, -0.2) is 4.90 Å². The van der Waals surface area contributed by atoms with Crippen LogP contribution in [-0.2, 0) is 6.54 Å². The zero-order valence-corrected chi connectivity index (χ0v) is 21.7. The van der Waals surface area contributed by atoms with Crippen LogP contribution in [-0.4, -0.2) is 17.7 Å². The average molecular weight is 529 g/mol. The van der Waals surface area contributed by atoms with E-state index in [9.17, 15) is 14.4 Å². The summed E-state index contributed by atoms with van der Waals surface area (Å²) < 4.78 is 0. The second-order valence-electron chi connectivity index (χ2n) is 10.8. The summed E-state index contributed by atoms with van der Waals surface area (Å²) in [4.78, 5) is 44.4. The van der Waals surface area contributed by atoms with E-state index in [0.717, 1.165) is 49.0 Å². The molecular weight excluding hydrogens is 508 g/mol. The standard InChI is InChI=1S/C36H20N2O3/c39-34-27-16-13-24-26-15-18-29-33-28(35(40)38(36(29)41)22-9-5-2-6-10-22)17-14-25(32(26)33)23-12-11-20(30(27)31(23)24)19-37(34)21-7-3-1-4-8-21/h1-18H,19H2. The molecule has 2 aliphatic rings. The van der Waals surface area contributed by atoms with Gasteiger partial charge in [0.05, 0.1) is 12.2 Å². The molecule has 0 bridgehead atoms. The number of hydrogen-bond donors (Lipinski definition) is 0. The average Bonchev–Trinajstić information content (AvgIpc) is 3.02. The summed E-state index contributed by atoms with van der Waals surface area (Å²) in [5.74, 6) is -0.652. The topological polar surface area (TPSA) is 57.7 Å². The third kappa shape index (κ3) is 2.77. The molecule has 7 aromatic carbocycles. The smallest absolute Gasteiger partial charge is 0.265 e. The van der Waals surface area contributed by atoms with Crippen molar-refractivity contribution in [3.8, 4) is 0 Å². The largest absolute Gasteiger partial charge is 0.304 e. The van der Waals surface area contributed by atoms with Gasteiger partial charge >= 0.3 is 0 Å². The van der Waals surface area contributed by atoms with Crippen molar-refractivity contribution in [1.82, 2.24) is 0 Å². The minimum atomic E-state index is -0.319. The number of imide groups is 1. The Kier molecular flexibility index (Phi) is 4.22. The first-order valence-corrected chi connectivity index (χ1v) is 13.6. The van der Waals surface area contributed by atoms with E-state index >= 15 is 0 Å². The van der Waals surface area contributed by atoms with Crippen LogP contribution in [0.15, 0.2) is 109 Å². The molecule has 192 valence electrons. The Hall–Kier alpha value is -5.55. The summed E-state index contributed by atoms with van der Waals surface area (Å²) in [5, 5.41) is 7.64. The Morgan fingerprint density at radius 1 is 0.415 bits per heavy atom. The SMILES string of the molecule is O=C1c2ccc3c4ccc5c6c(ccc(c7ccc(c2c73)CN1c1ccccc1)c64)C(=O)N(c1ccccc1)C5=O. The van der Waals surface area contributed by atoms with Gasteiger partial charge in [-0.15, -0.1) is 0 Å². The molecular formula is C36H20N2O3. The van der Waals surface area contributed by atoms with Gasteiger partial charge in [0.1, 0.15) is 0 Å². The maximum Gasteiger partial charge on any atom is 0.265 e. The van der Waals surface area contributed by atoms with E-state index in [0.29, 0.717) is 34.3 Å². The molecule has 0 N–H and O–H groups in total. The Morgan fingerprint density at radius 3 is 1.44 bits per heavy atom. The van der Waals surface area contributed by atoms with Crippen LogP contribution in [0.2, 0.25) is 0 Å². The highest BCUT2D eigenvalue weighted by atomic mass is 16.2. The van der Waals surface area contributed by atoms with Crippen LogP contribution in [0.3, 0.4) is 0 Å². The van der Waals surface area contributed by atoms with Crippen LogP contribution in [0.25, 0.3) is 43.1 Å². The van der Waals surface area contributed by atoms with Crippen molar-refractivity contribution in [2.45, 2.75) is 6.54 Å². The lowest BCUT2D eigenvalue weighted by molar-refractivity contribution is 0.0892. The van der Waals surface area contributed by atoms with E-state index in [2.05, 4.69) is 12.1 Å². The van der Waals surface area contributed by atoms with E-state index in [4.69, 9.17) is 0 Å². The fourth-order valence-corrected chi connectivity index (χ4v) is 6.98. The van der Waals surface area contributed by atoms with Gasteiger partial charge in [-0.3, -0.25) is 14.4 Å². The summed E-state index contributed by atoms with van der Waals surface area (Å²) in [6.45, 7) is 0.495. The van der Waals surface area contributed by atoms with Crippen molar-refractivity contribution in [3.05, 3.63) is 131 Å². The van der Waals surface area contributed by atoms with Gasteiger partial charge in [0.25, 0.3) is 17.7 Å². The molecule has 0 fully saturated rings. The van der Waals surface area contributed by atoms with Crippen LogP contribution in [0.1, 0.15) is 36.6 Å². The number of benzene rings is 7. The van der Waals surface area contributed by atoms with Crippen molar-refractivity contribution in [3.63, 3.8) is 0 Å². The molecule has 7 aromatic rings. The number of anilines is 2. The van der Waals surface area contributed by atoms with Crippen molar-refractivity contribution >= 4 is 72.2 Å². The lowest BCUT2D eigenvalue weighted by atomic mass is 9.82. The molecule has 5 heteroatoms. The molecule has 0 saturated heterocycles. The molecule has 2 aliphatic heterocycles. The minimum Gasteiger partial charge on any atom is -0.304 e. The number of carbonyl (C=O) groups excluding carboxylic acids is 3. The third-order valence-corrected chi connectivity index (χ3v) is 8.74. The number of rotatable bonds is 2. The van der Waals surface area contributed by atoms with Crippen LogP contribution in [0.4, 0.5) is 11.4 Å². The molecule has 3 amide bonds. The van der Waals surface area contributed by atoms with Gasteiger partial charge in [-0.2, -0.15) is 0 Å². The van der Waals surface area contributed by atoms with Crippen LogP contribution >= 0.6 is 0 Å². The summed E-state index contributed by atoms with van der Waals surface area (Å²) >= 11 is 0. The number of fused-ring (bicyclic) bond motifs is 2. The first kappa shape index (κ1) is 22.3. The Bertz CT molecular complexity index is 2220. The van der Waals surface area contributed by atoms with Crippen LogP contribution in [0.5, 0.6) is 0 Å². The lowest BCUT2D eigenvalue weighted by Gasteiger charge is -2.31. The molecule has 9 rings (SSSR count). The first-order valence-electron chi connectivity index (χ1n) is 13.6. The predicted octanol–water partition coefficient (Wildman–Crippen LogP) is 7.70. The second kappa shape index (κ2) is 7.77. The maximum atomic E-state index is 13.8.